The van der Waals surface area contributed by atoms with Crippen LogP contribution in [0.15, 0.2) is 42.5 Å². The molecule has 0 unspecified atom stereocenters. The van der Waals surface area contributed by atoms with Crippen LogP contribution < -0.4 is 5.32 Å². The van der Waals surface area contributed by atoms with Crippen LogP contribution in [-0.2, 0) is 6.54 Å². The molecule has 0 saturated carbocycles. The molecule has 0 saturated heterocycles. The Bertz CT molecular complexity index is 643. The van der Waals surface area contributed by atoms with Crippen molar-refractivity contribution in [1.29, 1.82) is 0 Å². The fraction of sp³-hybridized carbons (Fsp3) is 0.200. The van der Waals surface area contributed by atoms with Gasteiger partial charge >= 0.3 is 0 Å². The minimum Gasteiger partial charge on any atom is -0.381 e. The second-order valence-electron chi connectivity index (χ2n) is 4.65. The van der Waals surface area contributed by atoms with Crippen LogP contribution in [0.2, 0.25) is 0 Å². The maximum absolute atomic E-state index is 12.4. The summed E-state index contributed by atoms with van der Waals surface area (Å²) in [6.07, 6.45) is -2.48. The van der Waals surface area contributed by atoms with Crippen LogP contribution >= 0.6 is 0 Å². The summed E-state index contributed by atoms with van der Waals surface area (Å²) in [6.45, 7) is 2.25. The van der Waals surface area contributed by atoms with Gasteiger partial charge in [0, 0.05) is 29.9 Å². The highest BCUT2D eigenvalue weighted by Gasteiger charge is 2.09. The van der Waals surface area contributed by atoms with Crippen molar-refractivity contribution in [1.82, 2.24) is 0 Å². The first-order valence-electron chi connectivity index (χ1n) is 6.33. The molecule has 6 heteroatoms. The second kappa shape index (κ2) is 6.30. The van der Waals surface area contributed by atoms with Gasteiger partial charge in [0.1, 0.15) is 0 Å². The van der Waals surface area contributed by atoms with E-state index < -0.39 is 11.3 Å². The lowest BCUT2D eigenvalue weighted by Gasteiger charge is -2.10. The Hall–Kier alpha value is -2.50. The van der Waals surface area contributed by atoms with E-state index >= 15 is 0 Å². The lowest BCUT2D eigenvalue weighted by Crippen LogP contribution is -2.02. The third kappa shape index (κ3) is 3.75. The monoisotopic (exact) mass is 292 g/mol. The zero-order valence-corrected chi connectivity index (χ0v) is 11.3. The van der Waals surface area contributed by atoms with E-state index in [0.29, 0.717) is 12.2 Å². The maximum atomic E-state index is 12.4. The molecule has 110 valence electrons. The molecule has 0 bridgehead atoms. The Morgan fingerprint density at radius 3 is 2.43 bits per heavy atom. The van der Waals surface area contributed by atoms with Gasteiger partial charge in [0.05, 0.1) is 4.92 Å². The fourth-order valence-electron chi connectivity index (χ4n) is 1.89. The second-order valence-corrected chi connectivity index (χ2v) is 4.65. The number of nitrogens with zero attached hydrogens (tertiary/aromatic N) is 1. The van der Waals surface area contributed by atoms with Gasteiger partial charge in [-0.3, -0.25) is 10.1 Å². The molecule has 0 aromatic heterocycles. The summed E-state index contributed by atoms with van der Waals surface area (Å²) in [6, 6.07) is 10.5. The first-order valence-corrected chi connectivity index (χ1v) is 6.33. The zero-order valence-electron chi connectivity index (χ0n) is 11.3. The van der Waals surface area contributed by atoms with Crippen molar-refractivity contribution in [3.05, 3.63) is 69.3 Å². The van der Waals surface area contributed by atoms with E-state index in [1.54, 1.807) is 18.2 Å². The summed E-state index contributed by atoms with van der Waals surface area (Å²) in [5.74, 6) is 0. The molecule has 2 aromatic rings. The molecule has 21 heavy (non-hydrogen) atoms. The molecule has 2 rings (SSSR count). The van der Waals surface area contributed by atoms with Gasteiger partial charge in [0.2, 0.25) is 0 Å². The van der Waals surface area contributed by atoms with E-state index in [9.17, 15) is 18.9 Å². The van der Waals surface area contributed by atoms with Crippen molar-refractivity contribution in [2.75, 3.05) is 5.32 Å². The Labute approximate surface area is 120 Å². The Balaban J connectivity index is 2.09. The highest BCUT2D eigenvalue weighted by atomic mass is 19.3. The standard InChI is InChI=1S/C15H14F2N2O2/c1-10-2-7-13(19(20)21)8-14(10)18-9-11-3-5-12(6-4-11)15(16)17/h2-8,15,18H,9H2,1H3. The number of benzene rings is 2. The van der Waals surface area contributed by atoms with E-state index in [-0.39, 0.29) is 11.3 Å². The number of nitrogens with one attached hydrogen (secondary N) is 1. The van der Waals surface area contributed by atoms with Crippen LogP contribution in [0.5, 0.6) is 0 Å². The number of anilines is 1. The lowest BCUT2D eigenvalue weighted by atomic mass is 10.1. The van der Waals surface area contributed by atoms with Crippen molar-refractivity contribution in [2.24, 2.45) is 0 Å². The van der Waals surface area contributed by atoms with Gasteiger partial charge in [0.25, 0.3) is 12.1 Å². The van der Waals surface area contributed by atoms with Crippen LogP contribution in [0.1, 0.15) is 23.1 Å². The summed E-state index contributed by atoms with van der Waals surface area (Å²) >= 11 is 0. The molecule has 0 aliphatic rings. The van der Waals surface area contributed by atoms with E-state index in [0.717, 1.165) is 11.1 Å². The SMILES string of the molecule is Cc1ccc([N+](=O)[O-])cc1NCc1ccc(C(F)F)cc1. The van der Waals surface area contributed by atoms with Gasteiger partial charge in [0.15, 0.2) is 0 Å². The van der Waals surface area contributed by atoms with Crippen molar-refractivity contribution in [3.63, 3.8) is 0 Å². The molecule has 0 spiro atoms. The number of rotatable bonds is 5. The lowest BCUT2D eigenvalue weighted by molar-refractivity contribution is -0.384. The molecule has 0 amide bonds. The van der Waals surface area contributed by atoms with E-state index in [2.05, 4.69) is 5.32 Å². The molecule has 0 aliphatic carbocycles. The van der Waals surface area contributed by atoms with Crippen molar-refractivity contribution in [3.8, 4) is 0 Å². The van der Waals surface area contributed by atoms with Gasteiger partial charge in [-0.05, 0) is 18.1 Å². The van der Waals surface area contributed by atoms with Gasteiger partial charge in [-0.25, -0.2) is 8.78 Å². The summed E-state index contributed by atoms with van der Waals surface area (Å²) < 4.78 is 24.9. The number of non-ortho nitro benzene ring substituents is 1. The van der Waals surface area contributed by atoms with Crippen LogP contribution in [0, 0.1) is 17.0 Å². The van der Waals surface area contributed by atoms with Crippen molar-refractivity contribution in [2.45, 2.75) is 19.9 Å². The Kier molecular flexibility index (Phi) is 4.47. The van der Waals surface area contributed by atoms with Gasteiger partial charge in [-0.1, -0.05) is 30.3 Å². The molecule has 4 nitrogen and oxygen atoms in total. The minimum atomic E-state index is -2.48. The Morgan fingerprint density at radius 2 is 1.86 bits per heavy atom. The van der Waals surface area contributed by atoms with Gasteiger partial charge in [-0.15, -0.1) is 0 Å². The number of alkyl halides is 2. The van der Waals surface area contributed by atoms with Crippen molar-refractivity contribution < 1.29 is 13.7 Å². The number of aryl methyl sites for hydroxylation is 1. The zero-order chi connectivity index (χ0) is 15.4. The molecule has 0 fully saturated rings. The largest absolute Gasteiger partial charge is 0.381 e. The predicted molar refractivity (Wildman–Crippen MR) is 76.6 cm³/mol. The fourth-order valence-corrected chi connectivity index (χ4v) is 1.89. The average molecular weight is 292 g/mol. The average Bonchev–Trinajstić information content (AvgIpc) is 2.46. The number of nitro groups is 1. The van der Waals surface area contributed by atoms with E-state index in [4.69, 9.17) is 0 Å². The summed E-state index contributed by atoms with van der Waals surface area (Å²) in [7, 11) is 0. The number of nitro benzene ring substituents is 1. The first-order chi connectivity index (χ1) is 9.97. The smallest absolute Gasteiger partial charge is 0.271 e. The quantitative estimate of drug-likeness (QED) is 0.654. The molecular weight excluding hydrogens is 278 g/mol. The van der Waals surface area contributed by atoms with E-state index in [1.165, 1.54) is 24.3 Å². The molecule has 0 atom stereocenters. The van der Waals surface area contributed by atoms with Gasteiger partial charge in [-0.2, -0.15) is 0 Å². The minimum absolute atomic E-state index is 0.0103. The van der Waals surface area contributed by atoms with Gasteiger partial charge < -0.3 is 5.32 Å². The van der Waals surface area contributed by atoms with Crippen LogP contribution in [0.25, 0.3) is 0 Å². The van der Waals surface area contributed by atoms with E-state index in [1.807, 2.05) is 6.92 Å². The molecule has 0 heterocycles. The van der Waals surface area contributed by atoms with Crippen LogP contribution in [-0.4, -0.2) is 4.92 Å². The summed E-state index contributed by atoms with van der Waals surface area (Å²) in [5.41, 5.74) is 2.35. The number of hydrogen-bond acceptors (Lipinski definition) is 3. The summed E-state index contributed by atoms with van der Waals surface area (Å²) in [5, 5.41) is 13.8. The predicted octanol–water partition coefficient (Wildman–Crippen LogP) is 4.45. The third-order valence-corrected chi connectivity index (χ3v) is 3.15. The molecule has 0 radical (unpaired) electrons. The number of hydrogen-bond donors (Lipinski definition) is 1. The topological polar surface area (TPSA) is 55.2 Å². The molecule has 1 N–H and O–H groups in total. The molecular formula is C15H14F2N2O2. The Morgan fingerprint density at radius 1 is 1.19 bits per heavy atom. The normalized spacial score (nSPS) is 10.7. The summed E-state index contributed by atoms with van der Waals surface area (Å²) in [4.78, 5) is 10.3. The molecule has 2 aromatic carbocycles. The highest BCUT2D eigenvalue weighted by molar-refractivity contribution is 5.57. The first kappa shape index (κ1) is 14.9. The van der Waals surface area contributed by atoms with Crippen LogP contribution in [0.4, 0.5) is 20.2 Å². The van der Waals surface area contributed by atoms with Crippen molar-refractivity contribution >= 4 is 11.4 Å². The third-order valence-electron chi connectivity index (χ3n) is 3.15. The highest BCUT2D eigenvalue weighted by Crippen LogP contribution is 2.23. The molecule has 0 aliphatic heterocycles. The number of halogens is 2. The van der Waals surface area contributed by atoms with Crippen LogP contribution in [0.3, 0.4) is 0 Å². The maximum Gasteiger partial charge on any atom is 0.271 e.